The SMILES string of the molecule is CCOC(=O)CN1C(=S)C(C)Sc2ncccc21. The van der Waals surface area contributed by atoms with E-state index in [2.05, 4.69) is 4.98 Å². The standard InChI is InChI=1S/C12H14N2O2S2/c1-3-16-10(15)7-14-9-5-4-6-13-11(9)18-8(2)12(14)17/h4-6,8H,3,7H2,1-2H3. The molecule has 6 heteroatoms. The molecule has 0 spiro atoms. The average Bonchev–Trinajstić information content (AvgIpc) is 2.35. The van der Waals surface area contributed by atoms with Gasteiger partial charge in [-0.25, -0.2) is 4.98 Å². The van der Waals surface area contributed by atoms with Crippen LogP contribution in [0.3, 0.4) is 0 Å². The van der Waals surface area contributed by atoms with E-state index in [1.807, 2.05) is 24.0 Å². The van der Waals surface area contributed by atoms with Gasteiger partial charge in [0.15, 0.2) is 0 Å². The van der Waals surface area contributed by atoms with Gasteiger partial charge in [0.1, 0.15) is 11.6 Å². The van der Waals surface area contributed by atoms with E-state index in [4.69, 9.17) is 17.0 Å². The summed E-state index contributed by atoms with van der Waals surface area (Å²) < 4.78 is 4.98. The first-order valence-corrected chi connectivity index (χ1v) is 7.01. The first-order chi connectivity index (χ1) is 8.63. The van der Waals surface area contributed by atoms with Gasteiger partial charge in [-0.3, -0.25) is 4.79 Å². The monoisotopic (exact) mass is 282 g/mol. The van der Waals surface area contributed by atoms with Crippen molar-refractivity contribution in [1.82, 2.24) is 4.98 Å². The van der Waals surface area contributed by atoms with Crippen LogP contribution in [0.2, 0.25) is 0 Å². The molecule has 1 aliphatic heterocycles. The van der Waals surface area contributed by atoms with Crippen molar-refractivity contribution in [3.63, 3.8) is 0 Å². The normalized spacial score (nSPS) is 18.4. The first kappa shape index (κ1) is 13.3. The second-order valence-corrected chi connectivity index (χ2v) is 5.56. The maximum Gasteiger partial charge on any atom is 0.325 e. The Balaban J connectivity index is 2.27. The Kier molecular flexibility index (Phi) is 4.19. The zero-order valence-electron chi connectivity index (χ0n) is 10.3. The van der Waals surface area contributed by atoms with Crippen molar-refractivity contribution in [2.24, 2.45) is 0 Å². The third-order valence-corrected chi connectivity index (χ3v) is 4.37. The molecule has 96 valence electrons. The smallest absolute Gasteiger partial charge is 0.325 e. The van der Waals surface area contributed by atoms with Crippen LogP contribution in [-0.4, -0.2) is 34.3 Å². The second-order valence-electron chi connectivity index (χ2n) is 3.82. The summed E-state index contributed by atoms with van der Waals surface area (Å²) in [6.45, 7) is 4.34. The van der Waals surface area contributed by atoms with E-state index in [-0.39, 0.29) is 17.8 Å². The van der Waals surface area contributed by atoms with Crippen LogP contribution in [0.1, 0.15) is 13.8 Å². The van der Waals surface area contributed by atoms with Crippen LogP contribution in [0.4, 0.5) is 5.69 Å². The molecule has 1 aliphatic rings. The number of aromatic nitrogens is 1. The lowest BCUT2D eigenvalue weighted by molar-refractivity contribution is -0.141. The van der Waals surface area contributed by atoms with Crippen LogP contribution in [0.5, 0.6) is 0 Å². The molecular weight excluding hydrogens is 268 g/mol. The fourth-order valence-corrected chi connectivity index (χ4v) is 3.02. The molecule has 0 saturated heterocycles. The number of thioether (sulfide) groups is 1. The Hall–Kier alpha value is -1.14. The molecular formula is C12H14N2O2S2. The van der Waals surface area contributed by atoms with E-state index in [0.29, 0.717) is 6.61 Å². The predicted molar refractivity (Wildman–Crippen MR) is 76.1 cm³/mol. The Labute approximate surface area is 116 Å². The van der Waals surface area contributed by atoms with Crippen molar-refractivity contribution in [3.05, 3.63) is 18.3 Å². The lowest BCUT2D eigenvalue weighted by Gasteiger charge is -2.33. The fourth-order valence-electron chi connectivity index (χ4n) is 1.73. The van der Waals surface area contributed by atoms with Crippen LogP contribution < -0.4 is 4.90 Å². The first-order valence-electron chi connectivity index (χ1n) is 5.72. The number of nitrogens with zero attached hydrogens (tertiary/aromatic N) is 2. The van der Waals surface area contributed by atoms with E-state index in [9.17, 15) is 4.79 Å². The van der Waals surface area contributed by atoms with Gasteiger partial charge in [0.25, 0.3) is 0 Å². The molecule has 0 fully saturated rings. The van der Waals surface area contributed by atoms with Crippen LogP contribution >= 0.6 is 24.0 Å². The van der Waals surface area contributed by atoms with E-state index >= 15 is 0 Å². The molecule has 1 atom stereocenters. The quantitative estimate of drug-likeness (QED) is 0.626. The van der Waals surface area contributed by atoms with Crippen molar-refractivity contribution in [2.45, 2.75) is 24.1 Å². The van der Waals surface area contributed by atoms with Crippen molar-refractivity contribution in [1.29, 1.82) is 0 Å². The highest BCUT2D eigenvalue weighted by Gasteiger charge is 2.29. The number of esters is 1. The summed E-state index contributed by atoms with van der Waals surface area (Å²) in [5, 5.41) is 1.04. The molecule has 0 aliphatic carbocycles. The van der Waals surface area contributed by atoms with Crippen molar-refractivity contribution in [2.75, 3.05) is 18.1 Å². The lowest BCUT2D eigenvalue weighted by Crippen LogP contribution is -2.42. The molecule has 18 heavy (non-hydrogen) atoms. The minimum absolute atomic E-state index is 0.136. The summed E-state index contributed by atoms with van der Waals surface area (Å²) in [6, 6.07) is 3.77. The number of carbonyl (C=O) groups excluding carboxylic acids is 1. The summed E-state index contributed by atoms with van der Waals surface area (Å²) in [6.07, 6.45) is 1.75. The van der Waals surface area contributed by atoms with Crippen LogP contribution in [0, 0.1) is 0 Å². The number of ether oxygens (including phenoxy) is 1. The van der Waals surface area contributed by atoms with E-state index in [1.165, 1.54) is 0 Å². The van der Waals surface area contributed by atoms with Gasteiger partial charge in [-0.2, -0.15) is 0 Å². The maximum absolute atomic E-state index is 11.6. The number of carbonyl (C=O) groups is 1. The van der Waals surface area contributed by atoms with E-state index in [1.54, 1.807) is 24.9 Å². The Bertz CT molecular complexity index is 479. The van der Waals surface area contributed by atoms with Crippen molar-refractivity contribution in [3.8, 4) is 0 Å². The maximum atomic E-state index is 11.6. The number of hydrogen-bond donors (Lipinski definition) is 0. The molecule has 0 saturated carbocycles. The third-order valence-electron chi connectivity index (χ3n) is 2.54. The van der Waals surface area contributed by atoms with Crippen LogP contribution in [-0.2, 0) is 9.53 Å². The summed E-state index contributed by atoms with van der Waals surface area (Å²) in [5.41, 5.74) is 0.888. The molecule has 0 radical (unpaired) electrons. The number of fused-ring (bicyclic) bond motifs is 1. The highest BCUT2D eigenvalue weighted by molar-refractivity contribution is 8.02. The van der Waals surface area contributed by atoms with Gasteiger partial charge >= 0.3 is 5.97 Å². The highest BCUT2D eigenvalue weighted by atomic mass is 32.2. The molecule has 2 rings (SSSR count). The zero-order valence-corrected chi connectivity index (χ0v) is 11.9. The number of thiocarbonyl (C=S) groups is 1. The van der Waals surface area contributed by atoms with Gasteiger partial charge in [-0.1, -0.05) is 24.0 Å². The van der Waals surface area contributed by atoms with Crippen LogP contribution in [0.25, 0.3) is 0 Å². The summed E-state index contributed by atoms with van der Waals surface area (Å²) in [4.78, 5) is 18.5. The minimum Gasteiger partial charge on any atom is -0.465 e. The average molecular weight is 282 g/mol. The van der Waals surface area contributed by atoms with E-state index < -0.39 is 0 Å². The zero-order chi connectivity index (χ0) is 13.1. The summed E-state index contributed by atoms with van der Waals surface area (Å²) in [5.74, 6) is -0.270. The van der Waals surface area contributed by atoms with Gasteiger partial charge in [-0.15, -0.1) is 0 Å². The molecule has 0 aromatic carbocycles. The molecule has 1 aromatic rings. The highest BCUT2D eigenvalue weighted by Crippen LogP contribution is 2.37. The predicted octanol–water partition coefficient (Wildman–Crippen LogP) is 2.27. The van der Waals surface area contributed by atoms with Gasteiger partial charge in [0.05, 0.1) is 22.5 Å². The molecule has 0 amide bonds. The summed E-state index contributed by atoms with van der Waals surface area (Å²) >= 11 is 7.02. The topological polar surface area (TPSA) is 42.4 Å². The molecule has 1 unspecified atom stereocenters. The van der Waals surface area contributed by atoms with Crippen molar-refractivity contribution >= 4 is 40.6 Å². The van der Waals surface area contributed by atoms with Gasteiger partial charge in [0, 0.05) is 6.20 Å². The van der Waals surface area contributed by atoms with Gasteiger partial charge in [0.2, 0.25) is 0 Å². The largest absolute Gasteiger partial charge is 0.465 e. The second kappa shape index (κ2) is 5.67. The summed E-state index contributed by atoms with van der Waals surface area (Å²) in [7, 11) is 0. The number of pyridine rings is 1. The third kappa shape index (κ3) is 2.64. The molecule has 4 nitrogen and oxygen atoms in total. The minimum atomic E-state index is -0.270. The van der Waals surface area contributed by atoms with Gasteiger partial charge < -0.3 is 9.64 Å². The number of anilines is 1. The molecule has 0 bridgehead atoms. The number of rotatable bonds is 3. The van der Waals surface area contributed by atoms with E-state index in [0.717, 1.165) is 15.7 Å². The molecule has 2 heterocycles. The van der Waals surface area contributed by atoms with Crippen LogP contribution in [0.15, 0.2) is 23.4 Å². The fraction of sp³-hybridized carbons (Fsp3) is 0.417. The molecule has 1 aromatic heterocycles. The van der Waals surface area contributed by atoms with Gasteiger partial charge in [-0.05, 0) is 26.0 Å². The Morgan fingerprint density at radius 2 is 2.44 bits per heavy atom. The lowest BCUT2D eigenvalue weighted by atomic mass is 10.3. The molecule has 0 N–H and O–H groups in total. The Morgan fingerprint density at radius 3 is 3.17 bits per heavy atom. The van der Waals surface area contributed by atoms with Crippen molar-refractivity contribution < 1.29 is 9.53 Å². The number of hydrogen-bond acceptors (Lipinski definition) is 5. The Morgan fingerprint density at radius 1 is 1.67 bits per heavy atom.